The molecule has 1 amide bonds. The molecule has 0 saturated heterocycles. The lowest BCUT2D eigenvalue weighted by atomic mass is 10.2. The molecule has 2 aromatic carbocycles. The van der Waals surface area contributed by atoms with Gasteiger partial charge in [-0.15, -0.1) is 0 Å². The lowest BCUT2D eigenvalue weighted by Gasteiger charge is -2.10. The van der Waals surface area contributed by atoms with Gasteiger partial charge in [0.05, 0.1) is 5.56 Å². The number of para-hydroxylation sites is 1. The van der Waals surface area contributed by atoms with E-state index in [1.165, 1.54) is 0 Å². The van der Waals surface area contributed by atoms with Crippen LogP contribution in [0.15, 0.2) is 48.5 Å². The van der Waals surface area contributed by atoms with Crippen LogP contribution in [-0.2, 0) is 6.61 Å². The molecule has 3 rings (SSSR count). The van der Waals surface area contributed by atoms with E-state index in [9.17, 15) is 4.79 Å². The first kappa shape index (κ1) is 17.2. The summed E-state index contributed by atoms with van der Waals surface area (Å²) in [6, 6.07) is 14.4. The highest BCUT2D eigenvalue weighted by atomic mass is 16.5. The van der Waals surface area contributed by atoms with Crippen molar-refractivity contribution < 1.29 is 9.53 Å². The summed E-state index contributed by atoms with van der Waals surface area (Å²) >= 11 is 0. The molecule has 0 aliphatic carbocycles. The Kier molecular flexibility index (Phi) is 4.93. The van der Waals surface area contributed by atoms with Crippen LogP contribution in [0.2, 0.25) is 0 Å². The largest absolute Gasteiger partial charge is 0.485 e. The monoisotopic (exact) mass is 350 g/mol. The van der Waals surface area contributed by atoms with Gasteiger partial charge in [-0.25, -0.2) is 0 Å². The molecule has 0 aliphatic rings. The van der Waals surface area contributed by atoms with Crippen molar-refractivity contribution in [3.05, 3.63) is 65.5 Å². The Bertz CT molecular complexity index is 927. The topological polar surface area (TPSA) is 129 Å². The zero-order valence-corrected chi connectivity index (χ0v) is 14.1. The summed E-state index contributed by atoms with van der Waals surface area (Å²) in [6.07, 6.45) is 0. The van der Waals surface area contributed by atoms with Crippen LogP contribution in [0.25, 0.3) is 0 Å². The van der Waals surface area contributed by atoms with Gasteiger partial charge in [-0.1, -0.05) is 29.8 Å². The van der Waals surface area contributed by atoms with E-state index in [2.05, 4.69) is 20.3 Å². The molecule has 0 fully saturated rings. The highest BCUT2D eigenvalue weighted by molar-refractivity contribution is 5.95. The molecule has 0 radical (unpaired) electrons. The number of nitrogens with one attached hydrogen (secondary N) is 1. The number of anilines is 3. The third kappa shape index (κ3) is 4.23. The first-order chi connectivity index (χ1) is 12.5. The van der Waals surface area contributed by atoms with E-state index in [0.717, 1.165) is 11.3 Å². The first-order valence-electron chi connectivity index (χ1n) is 7.87. The standard InChI is InChI=1S/C18H18N6O2/c1-11-6-8-12(9-7-11)21-18-23-15(22-17(20)24-18)10-26-14-5-3-2-4-13(14)16(19)25/h2-9H,10H2,1H3,(H2,19,25)(H3,20,21,22,23,24). The van der Waals surface area contributed by atoms with Gasteiger partial charge in [0.1, 0.15) is 12.4 Å². The number of hydrogen-bond acceptors (Lipinski definition) is 7. The maximum Gasteiger partial charge on any atom is 0.252 e. The molecule has 0 spiro atoms. The van der Waals surface area contributed by atoms with E-state index in [1.807, 2.05) is 31.2 Å². The molecule has 8 nitrogen and oxygen atoms in total. The summed E-state index contributed by atoms with van der Waals surface area (Å²) in [5.74, 6) is 0.482. The molecule has 1 heterocycles. The van der Waals surface area contributed by atoms with Gasteiger partial charge >= 0.3 is 0 Å². The van der Waals surface area contributed by atoms with Crippen LogP contribution in [0.3, 0.4) is 0 Å². The average molecular weight is 350 g/mol. The van der Waals surface area contributed by atoms with Crippen LogP contribution in [0.4, 0.5) is 17.6 Å². The molecule has 0 atom stereocenters. The number of aryl methyl sites for hydroxylation is 1. The van der Waals surface area contributed by atoms with Gasteiger partial charge in [0.25, 0.3) is 5.91 Å². The Balaban J connectivity index is 1.76. The number of carbonyl (C=O) groups is 1. The number of nitrogens with zero attached hydrogens (tertiary/aromatic N) is 3. The third-order valence-electron chi connectivity index (χ3n) is 3.52. The van der Waals surface area contributed by atoms with Gasteiger partial charge in [0.15, 0.2) is 5.82 Å². The van der Waals surface area contributed by atoms with Crippen LogP contribution >= 0.6 is 0 Å². The molecule has 0 saturated carbocycles. The highest BCUT2D eigenvalue weighted by Crippen LogP contribution is 2.19. The van der Waals surface area contributed by atoms with Crippen molar-refractivity contribution in [3.63, 3.8) is 0 Å². The number of hydrogen-bond donors (Lipinski definition) is 3. The zero-order chi connectivity index (χ0) is 18.5. The minimum atomic E-state index is -0.572. The maximum absolute atomic E-state index is 11.4. The summed E-state index contributed by atoms with van der Waals surface area (Å²) in [5.41, 5.74) is 13.3. The van der Waals surface area contributed by atoms with E-state index >= 15 is 0 Å². The summed E-state index contributed by atoms with van der Waals surface area (Å²) in [7, 11) is 0. The number of rotatable bonds is 6. The second kappa shape index (κ2) is 7.47. The van der Waals surface area contributed by atoms with Crippen molar-refractivity contribution >= 4 is 23.5 Å². The van der Waals surface area contributed by atoms with Crippen LogP contribution in [-0.4, -0.2) is 20.9 Å². The number of benzene rings is 2. The first-order valence-corrected chi connectivity index (χ1v) is 7.87. The van der Waals surface area contributed by atoms with Crippen LogP contribution < -0.4 is 21.5 Å². The number of primary amides is 1. The Labute approximate surface area is 150 Å². The Morgan fingerprint density at radius 1 is 1.08 bits per heavy atom. The number of aromatic nitrogens is 3. The van der Waals surface area contributed by atoms with Crippen molar-refractivity contribution in [2.45, 2.75) is 13.5 Å². The van der Waals surface area contributed by atoms with Gasteiger partial charge < -0.3 is 21.5 Å². The molecular weight excluding hydrogens is 332 g/mol. The second-order valence-corrected chi connectivity index (χ2v) is 5.57. The molecule has 0 unspecified atom stereocenters. The van der Waals surface area contributed by atoms with E-state index in [0.29, 0.717) is 17.5 Å². The lowest BCUT2D eigenvalue weighted by Crippen LogP contribution is -2.14. The Hall–Kier alpha value is -3.68. The lowest BCUT2D eigenvalue weighted by molar-refractivity contribution is 0.0995. The van der Waals surface area contributed by atoms with Crippen LogP contribution in [0.5, 0.6) is 5.75 Å². The minimum absolute atomic E-state index is 0.0135. The van der Waals surface area contributed by atoms with Gasteiger partial charge in [-0.3, -0.25) is 4.79 Å². The summed E-state index contributed by atoms with van der Waals surface area (Å²) in [4.78, 5) is 23.8. The molecule has 5 N–H and O–H groups in total. The summed E-state index contributed by atoms with van der Waals surface area (Å²) in [5, 5.41) is 3.07. The highest BCUT2D eigenvalue weighted by Gasteiger charge is 2.10. The molecule has 0 bridgehead atoms. The predicted molar refractivity (Wildman–Crippen MR) is 98.0 cm³/mol. The molecular formula is C18H18N6O2. The molecule has 132 valence electrons. The minimum Gasteiger partial charge on any atom is -0.485 e. The van der Waals surface area contributed by atoms with Gasteiger partial charge in [-0.2, -0.15) is 15.0 Å². The van der Waals surface area contributed by atoms with Crippen LogP contribution in [0.1, 0.15) is 21.7 Å². The fourth-order valence-corrected chi connectivity index (χ4v) is 2.26. The SMILES string of the molecule is Cc1ccc(Nc2nc(N)nc(COc3ccccc3C(N)=O)n2)cc1. The molecule has 8 heteroatoms. The maximum atomic E-state index is 11.4. The van der Waals surface area contributed by atoms with E-state index in [1.54, 1.807) is 24.3 Å². The van der Waals surface area contributed by atoms with Crippen molar-refractivity contribution in [2.24, 2.45) is 5.73 Å². The average Bonchev–Trinajstić information content (AvgIpc) is 2.62. The number of amides is 1. The molecule has 3 aromatic rings. The second-order valence-electron chi connectivity index (χ2n) is 5.57. The van der Waals surface area contributed by atoms with Crippen molar-refractivity contribution in [3.8, 4) is 5.75 Å². The van der Waals surface area contributed by atoms with Crippen molar-refractivity contribution in [1.82, 2.24) is 15.0 Å². The molecule has 26 heavy (non-hydrogen) atoms. The third-order valence-corrected chi connectivity index (χ3v) is 3.52. The molecule has 0 aliphatic heterocycles. The van der Waals surface area contributed by atoms with Gasteiger partial charge in [-0.05, 0) is 31.2 Å². The Morgan fingerprint density at radius 2 is 1.81 bits per heavy atom. The van der Waals surface area contributed by atoms with Crippen LogP contribution in [0, 0.1) is 6.92 Å². The quantitative estimate of drug-likeness (QED) is 0.621. The van der Waals surface area contributed by atoms with Crippen molar-refractivity contribution in [2.75, 3.05) is 11.1 Å². The van der Waals surface area contributed by atoms with E-state index in [4.69, 9.17) is 16.2 Å². The fourth-order valence-electron chi connectivity index (χ4n) is 2.26. The number of ether oxygens (including phenoxy) is 1. The number of nitrogens with two attached hydrogens (primary N) is 2. The smallest absolute Gasteiger partial charge is 0.252 e. The van der Waals surface area contributed by atoms with Crippen molar-refractivity contribution in [1.29, 1.82) is 0 Å². The predicted octanol–water partition coefficient (Wildman–Crippen LogP) is 2.18. The normalized spacial score (nSPS) is 10.3. The summed E-state index contributed by atoms with van der Waals surface area (Å²) < 4.78 is 5.62. The number of carbonyl (C=O) groups excluding carboxylic acids is 1. The van der Waals surface area contributed by atoms with Gasteiger partial charge in [0, 0.05) is 5.69 Å². The molecule has 1 aromatic heterocycles. The van der Waals surface area contributed by atoms with E-state index in [-0.39, 0.29) is 18.1 Å². The van der Waals surface area contributed by atoms with Gasteiger partial charge in [0.2, 0.25) is 11.9 Å². The summed E-state index contributed by atoms with van der Waals surface area (Å²) in [6.45, 7) is 2.02. The number of nitrogen functional groups attached to an aromatic ring is 1. The van der Waals surface area contributed by atoms with E-state index < -0.39 is 5.91 Å². The fraction of sp³-hybridized carbons (Fsp3) is 0.111. The zero-order valence-electron chi connectivity index (χ0n) is 14.1. The Morgan fingerprint density at radius 3 is 2.54 bits per heavy atom.